The van der Waals surface area contributed by atoms with E-state index in [-0.39, 0.29) is 12.3 Å². The van der Waals surface area contributed by atoms with Gasteiger partial charge in [0.05, 0.1) is 12.3 Å². The van der Waals surface area contributed by atoms with Crippen molar-refractivity contribution in [1.29, 1.82) is 0 Å². The summed E-state index contributed by atoms with van der Waals surface area (Å²) >= 11 is 0. The highest BCUT2D eigenvalue weighted by Gasteiger charge is 2.01. The Morgan fingerprint density at radius 1 is 1.62 bits per heavy atom. The lowest BCUT2D eigenvalue weighted by atomic mass is 10.1. The lowest BCUT2D eigenvalue weighted by Gasteiger charge is -1.99. The van der Waals surface area contributed by atoms with Gasteiger partial charge in [0.15, 0.2) is 5.81 Å². The quantitative estimate of drug-likeness (QED) is 0.515. The van der Waals surface area contributed by atoms with E-state index in [1.165, 1.54) is 0 Å². The number of aliphatic imine (C=N–C) groups is 1. The molecular weight excluding hydrogens is 165 g/mol. The Morgan fingerprint density at radius 3 is 2.85 bits per heavy atom. The van der Waals surface area contributed by atoms with E-state index < -0.39 is 5.81 Å². The normalized spacial score (nSPS) is 10.7. The molecule has 0 aliphatic rings. The number of aliphatic hydroxyl groups excluding tert-OH is 1. The van der Waals surface area contributed by atoms with E-state index in [4.69, 9.17) is 13.0 Å². The number of hydrogen-bond donors (Lipinski definition) is 1. The van der Waals surface area contributed by atoms with Crippen LogP contribution in [-0.4, -0.2) is 31.1 Å². The van der Waals surface area contributed by atoms with E-state index in [1.807, 2.05) is 0 Å². The fourth-order valence-corrected chi connectivity index (χ4v) is 0.851. The third-order valence-electron chi connectivity index (χ3n) is 1.39. The molecular formula is C9H6BNO2. The van der Waals surface area contributed by atoms with Gasteiger partial charge >= 0.3 is 0 Å². The van der Waals surface area contributed by atoms with Gasteiger partial charge in [0.25, 0.3) is 0 Å². The van der Waals surface area contributed by atoms with Gasteiger partial charge in [-0.05, 0) is 18.2 Å². The van der Waals surface area contributed by atoms with E-state index in [1.54, 1.807) is 18.2 Å². The molecule has 0 heterocycles. The lowest BCUT2D eigenvalue weighted by molar-refractivity contribution is 0.266. The highest BCUT2D eigenvalue weighted by atomic mass is 16.3. The number of nitrogens with zero attached hydrogens (tertiary/aromatic N) is 1. The maximum atomic E-state index is 10.4. The first-order valence-corrected chi connectivity index (χ1v) is 3.60. The van der Waals surface area contributed by atoms with Crippen LogP contribution in [0.5, 0.6) is 0 Å². The Hall–Kier alpha value is -1.60. The molecule has 0 unspecified atom stereocenters. The molecule has 62 valence electrons. The van der Waals surface area contributed by atoms with Crippen LogP contribution in [0.4, 0.5) is 4.79 Å². The Kier molecular flexibility index (Phi) is 3.24. The maximum Gasteiger partial charge on any atom is 0.203 e. The summed E-state index contributed by atoms with van der Waals surface area (Å²) in [4.78, 5) is 13.9. The Labute approximate surface area is 77.5 Å². The van der Waals surface area contributed by atoms with Gasteiger partial charge in [-0.3, -0.25) is 4.79 Å². The lowest BCUT2D eigenvalue weighted by Crippen LogP contribution is -2.08. The van der Waals surface area contributed by atoms with Crippen LogP contribution < -0.4 is 0 Å². The Bertz CT molecular complexity index is 322. The van der Waals surface area contributed by atoms with Crippen LogP contribution >= 0.6 is 0 Å². The van der Waals surface area contributed by atoms with Crippen LogP contribution in [0, 0.1) is 12.1 Å². The van der Waals surface area contributed by atoms with Crippen LogP contribution in [0.2, 0.25) is 0 Å². The molecule has 0 spiro atoms. The highest BCUT2D eigenvalue weighted by molar-refractivity contribution is 6.58. The summed E-state index contributed by atoms with van der Waals surface area (Å²) in [6.45, 7) is -0.333. The number of rotatable bonds is 2. The summed E-state index contributed by atoms with van der Waals surface area (Å²) < 4.78 is 0. The van der Waals surface area contributed by atoms with Gasteiger partial charge in [-0.2, -0.15) is 0 Å². The van der Waals surface area contributed by atoms with Crippen LogP contribution in [-0.2, 0) is 0 Å². The van der Waals surface area contributed by atoms with Gasteiger partial charge in [0, 0.05) is 5.56 Å². The molecule has 0 atom stereocenters. The van der Waals surface area contributed by atoms with Crippen molar-refractivity contribution in [3.8, 4) is 0 Å². The molecule has 13 heavy (non-hydrogen) atoms. The minimum Gasteiger partial charge on any atom is -0.390 e. The summed E-state index contributed by atoms with van der Waals surface area (Å²) in [6, 6.07) is 10.2. The first-order valence-electron chi connectivity index (χ1n) is 3.60. The van der Waals surface area contributed by atoms with Gasteiger partial charge in [-0.15, -0.1) is 0 Å². The minimum atomic E-state index is -0.822. The predicted molar refractivity (Wildman–Crippen MR) is 48.9 cm³/mol. The largest absolute Gasteiger partial charge is 0.390 e. The van der Waals surface area contributed by atoms with Crippen LogP contribution in [0.1, 0.15) is 5.56 Å². The molecule has 0 bridgehead atoms. The van der Waals surface area contributed by atoms with Gasteiger partial charge in [0.2, 0.25) is 7.85 Å². The molecule has 4 heteroatoms. The highest BCUT2D eigenvalue weighted by Crippen LogP contribution is 1.98. The second-order valence-electron chi connectivity index (χ2n) is 2.28. The standard InChI is InChI=1S/C9H6BNO2/c10-9(13)11-8(6-12)7-4-2-1-3-5-7/h2,4-5,12H,6H2. The average molecular weight is 171 g/mol. The smallest absolute Gasteiger partial charge is 0.203 e. The number of carbonyl (C=O) groups is 1. The van der Waals surface area contributed by atoms with Crippen molar-refractivity contribution < 1.29 is 9.90 Å². The van der Waals surface area contributed by atoms with E-state index >= 15 is 0 Å². The van der Waals surface area contributed by atoms with Crippen LogP contribution in [0.15, 0.2) is 23.2 Å². The molecule has 0 saturated heterocycles. The van der Waals surface area contributed by atoms with Crippen LogP contribution in [0.3, 0.4) is 0 Å². The number of carbonyl (C=O) groups excluding carboxylic acids is 1. The first-order chi connectivity index (χ1) is 6.24. The second-order valence-corrected chi connectivity index (χ2v) is 2.28. The molecule has 1 N–H and O–H groups in total. The Morgan fingerprint density at radius 2 is 2.38 bits per heavy atom. The van der Waals surface area contributed by atoms with Crippen molar-refractivity contribution in [2.45, 2.75) is 0 Å². The van der Waals surface area contributed by atoms with Crippen LogP contribution in [0.25, 0.3) is 0 Å². The molecule has 0 fully saturated rings. The molecule has 2 radical (unpaired) electrons. The average Bonchev–Trinajstić information content (AvgIpc) is 2.15. The van der Waals surface area contributed by atoms with E-state index in [9.17, 15) is 4.79 Å². The topological polar surface area (TPSA) is 49.7 Å². The third kappa shape index (κ3) is 2.73. The summed E-state index contributed by atoms with van der Waals surface area (Å²) in [5.41, 5.74) is 0.845. The Balaban J connectivity index is 2.98. The van der Waals surface area contributed by atoms with E-state index in [0.717, 1.165) is 0 Å². The summed E-state index contributed by atoms with van der Waals surface area (Å²) in [6.07, 6.45) is 0. The van der Waals surface area contributed by atoms with Crippen molar-refractivity contribution in [3.05, 3.63) is 35.9 Å². The number of amides is 1. The van der Waals surface area contributed by atoms with Crippen molar-refractivity contribution >= 4 is 19.4 Å². The van der Waals surface area contributed by atoms with Gasteiger partial charge in [-0.1, -0.05) is 12.1 Å². The second kappa shape index (κ2) is 4.44. The van der Waals surface area contributed by atoms with Crippen molar-refractivity contribution in [2.75, 3.05) is 6.61 Å². The molecule has 1 aromatic rings. The molecule has 1 rings (SSSR count). The fraction of sp³-hybridized carbons (Fsp3) is 0.111. The third-order valence-corrected chi connectivity index (χ3v) is 1.39. The van der Waals surface area contributed by atoms with Gasteiger partial charge in [-0.25, -0.2) is 4.99 Å². The van der Waals surface area contributed by atoms with Gasteiger partial charge in [0.1, 0.15) is 0 Å². The SMILES string of the molecule is [B]C(=O)N=C(CO)c1cc#ccc1. The molecule has 0 aromatic heterocycles. The predicted octanol–water partition coefficient (Wildman–Crippen LogP) is 0.357. The van der Waals surface area contributed by atoms with Gasteiger partial charge < -0.3 is 5.11 Å². The number of aliphatic hydroxyl groups is 1. The monoisotopic (exact) mass is 171 g/mol. The molecule has 0 saturated carbocycles. The summed E-state index contributed by atoms with van der Waals surface area (Å²) in [7, 11) is 4.85. The molecule has 1 aromatic carbocycles. The number of hydrogen-bond acceptors (Lipinski definition) is 2. The fourth-order valence-electron chi connectivity index (χ4n) is 0.851. The zero-order valence-corrected chi connectivity index (χ0v) is 6.82. The molecule has 3 nitrogen and oxygen atoms in total. The molecule has 1 amide bonds. The zero-order valence-electron chi connectivity index (χ0n) is 6.82. The van der Waals surface area contributed by atoms with E-state index in [2.05, 4.69) is 17.1 Å². The minimum absolute atomic E-state index is 0.234. The first kappa shape index (κ1) is 9.49. The molecule has 0 aliphatic carbocycles. The van der Waals surface area contributed by atoms with Crippen molar-refractivity contribution in [3.63, 3.8) is 0 Å². The van der Waals surface area contributed by atoms with Crippen molar-refractivity contribution in [1.82, 2.24) is 0 Å². The maximum absolute atomic E-state index is 10.4. The van der Waals surface area contributed by atoms with Crippen molar-refractivity contribution in [2.24, 2.45) is 4.99 Å². The van der Waals surface area contributed by atoms with E-state index in [0.29, 0.717) is 5.56 Å². The molecule has 0 aliphatic heterocycles. The summed E-state index contributed by atoms with van der Waals surface area (Å²) in [5, 5.41) is 8.87. The zero-order chi connectivity index (χ0) is 9.68. The summed E-state index contributed by atoms with van der Waals surface area (Å²) in [5.74, 6) is -0.822.